The first-order valence-corrected chi connectivity index (χ1v) is 7.56. The molecule has 0 aromatic carbocycles. The van der Waals surface area contributed by atoms with Crippen molar-refractivity contribution >= 4 is 29.4 Å². The minimum absolute atomic E-state index is 0.0501. The molecule has 19 heavy (non-hydrogen) atoms. The second-order valence-corrected chi connectivity index (χ2v) is 6.10. The molecule has 0 rings (SSSR count). The molecule has 0 saturated carbocycles. The lowest BCUT2D eigenvalue weighted by molar-refractivity contribution is -0.126. The summed E-state index contributed by atoms with van der Waals surface area (Å²) in [5, 5.41) is 5.44. The molecule has 1 atom stereocenters. The Morgan fingerprint density at radius 2 is 1.42 bits per heavy atom. The van der Waals surface area contributed by atoms with E-state index in [4.69, 9.17) is 0 Å². The van der Waals surface area contributed by atoms with Gasteiger partial charge in [-0.2, -0.15) is 0 Å². The number of rotatable bonds is 8. The standard InChI is InChI=1S/C13H24N2O3S/c1-8(2)13(10(5)16)15-12(18)7-19-6-11(17)14-9(3)4/h8-9,13H,6-7H2,1-5H3,(H,14,17)(H,15,18). The molecule has 0 aliphatic carbocycles. The van der Waals surface area contributed by atoms with Gasteiger partial charge in [-0.25, -0.2) is 0 Å². The van der Waals surface area contributed by atoms with Crippen molar-refractivity contribution in [2.45, 2.75) is 46.7 Å². The molecule has 0 spiro atoms. The van der Waals surface area contributed by atoms with E-state index in [0.717, 1.165) is 0 Å². The molecule has 0 aromatic rings. The summed E-state index contributed by atoms with van der Waals surface area (Å²) in [5.41, 5.74) is 0. The van der Waals surface area contributed by atoms with Crippen molar-refractivity contribution in [2.24, 2.45) is 5.92 Å². The number of ketones is 1. The molecule has 0 aliphatic heterocycles. The Bertz CT molecular complexity index is 330. The summed E-state index contributed by atoms with van der Waals surface area (Å²) in [4.78, 5) is 34.3. The highest BCUT2D eigenvalue weighted by molar-refractivity contribution is 8.00. The van der Waals surface area contributed by atoms with Crippen LogP contribution in [0.15, 0.2) is 0 Å². The predicted molar refractivity (Wildman–Crippen MR) is 78.1 cm³/mol. The van der Waals surface area contributed by atoms with Crippen LogP contribution >= 0.6 is 11.8 Å². The van der Waals surface area contributed by atoms with Gasteiger partial charge in [0.15, 0.2) is 5.78 Å². The fourth-order valence-electron chi connectivity index (χ4n) is 1.55. The topological polar surface area (TPSA) is 75.3 Å². The smallest absolute Gasteiger partial charge is 0.230 e. The molecule has 0 heterocycles. The first-order chi connectivity index (χ1) is 8.73. The highest BCUT2D eigenvalue weighted by Gasteiger charge is 2.20. The Labute approximate surface area is 119 Å². The van der Waals surface area contributed by atoms with Crippen LogP contribution in [0.3, 0.4) is 0 Å². The Balaban J connectivity index is 3.99. The van der Waals surface area contributed by atoms with Crippen LogP contribution in [-0.4, -0.2) is 41.2 Å². The van der Waals surface area contributed by atoms with Gasteiger partial charge >= 0.3 is 0 Å². The quantitative estimate of drug-likeness (QED) is 0.698. The average molecular weight is 288 g/mol. The lowest BCUT2D eigenvalue weighted by Crippen LogP contribution is -2.44. The summed E-state index contributed by atoms with van der Waals surface area (Å²) in [7, 11) is 0. The van der Waals surface area contributed by atoms with Crippen molar-refractivity contribution in [2.75, 3.05) is 11.5 Å². The minimum atomic E-state index is -0.447. The van der Waals surface area contributed by atoms with Crippen LogP contribution in [0.1, 0.15) is 34.6 Å². The Hall–Kier alpha value is -1.04. The van der Waals surface area contributed by atoms with Crippen molar-refractivity contribution in [1.82, 2.24) is 10.6 Å². The lowest BCUT2D eigenvalue weighted by atomic mass is 10.0. The summed E-state index contributed by atoms with van der Waals surface area (Å²) in [6, 6.07) is -0.345. The van der Waals surface area contributed by atoms with E-state index in [1.165, 1.54) is 18.7 Å². The summed E-state index contributed by atoms with van der Waals surface area (Å²) < 4.78 is 0. The Kier molecular flexibility index (Phi) is 8.47. The van der Waals surface area contributed by atoms with E-state index in [-0.39, 0.29) is 41.1 Å². The van der Waals surface area contributed by atoms with Gasteiger partial charge in [0.25, 0.3) is 0 Å². The number of Topliss-reactive ketones (excluding diaryl/α,β-unsaturated/α-hetero) is 1. The van der Waals surface area contributed by atoms with Crippen molar-refractivity contribution in [1.29, 1.82) is 0 Å². The Morgan fingerprint density at radius 1 is 0.947 bits per heavy atom. The summed E-state index contributed by atoms with van der Waals surface area (Å²) in [6.07, 6.45) is 0. The van der Waals surface area contributed by atoms with Crippen LogP contribution in [0.2, 0.25) is 0 Å². The van der Waals surface area contributed by atoms with E-state index in [9.17, 15) is 14.4 Å². The molecule has 0 fully saturated rings. The first kappa shape index (κ1) is 18.0. The van der Waals surface area contributed by atoms with Crippen LogP contribution in [0.25, 0.3) is 0 Å². The molecule has 2 N–H and O–H groups in total. The second-order valence-electron chi connectivity index (χ2n) is 5.11. The third-order valence-corrected chi connectivity index (χ3v) is 3.27. The zero-order valence-corrected chi connectivity index (χ0v) is 13.1. The molecule has 0 saturated heterocycles. The van der Waals surface area contributed by atoms with E-state index >= 15 is 0 Å². The number of carbonyl (C=O) groups is 3. The van der Waals surface area contributed by atoms with Crippen molar-refractivity contribution in [3.8, 4) is 0 Å². The Morgan fingerprint density at radius 3 is 1.79 bits per heavy atom. The third kappa shape index (κ3) is 8.64. The number of hydrogen-bond donors (Lipinski definition) is 2. The molecule has 0 bridgehead atoms. The van der Waals surface area contributed by atoms with Crippen LogP contribution in [0, 0.1) is 5.92 Å². The molecule has 110 valence electrons. The van der Waals surface area contributed by atoms with E-state index in [0.29, 0.717) is 0 Å². The van der Waals surface area contributed by atoms with Gasteiger partial charge in [0, 0.05) is 6.04 Å². The first-order valence-electron chi connectivity index (χ1n) is 6.41. The molecule has 0 aromatic heterocycles. The van der Waals surface area contributed by atoms with Crippen molar-refractivity contribution < 1.29 is 14.4 Å². The van der Waals surface area contributed by atoms with Gasteiger partial charge in [-0.15, -0.1) is 11.8 Å². The summed E-state index contributed by atoms with van der Waals surface area (Å²) >= 11 is 1.24. The average Bonchev–Trinajstić information content (AvgIpc) is 2.23. The van der Waals surface area contributed by atoms with Crippen molar-refractivity contribution in [3.05, 3.63) is 0 Å². The van der Waals surface area contributed by atoms with Gasteiger partial charge in [0.1, 0.15) is 0 Å². The highest BCUT2D eigenvalue weighted by atomic mass is 32.2. The molecular formula is C13H24N2O3S. The van der Waals surface area contributed by atoms with Crippen LogP contribution < -0.4 is 10.6 Å². The molecule has 1 unspecified atom stereocenters. The third-order valence-electron chi connectivity index (χ3n) is 2.34. The van der Waals surface area contributed by atoms with Gasteiger partial charge in [-0.1, -0.05) is 13.8 Å². The molecule has 0 aliphatic rings. The van der Waals surface area contributed by atoms with Gasteiger partial charge in [0.05, 0.1) is 17.5 Å². The highest BCUT2D eigenvalue weighted by Crippen LogP contribution is 2.05. The number of nitrogens with one attached hydrogen (secondary N) is 2. The maximum absolute atomic E-state index is 11.7. The molecule has 2 amide bonds. The number of thioether (sulfide) groups is 1. The number of hydrogen-bond acceptors (Lipinski definition) is 4. The zero-order chi connectivity index (χ0) is 15.0. The number of amides is 2. The van der Waals surface area contributed by atoms with Gasteiger partial charge < -0.3 is 10.6 Å². The van der Waals surface area contributed by atoms with Gasteiger partial charge in [0.2, 0.25) is 11.8 Å². The monoisotopic (exact) mass is 288 g/mol. The van der Waals surface area contributed by atoms with Gasteiger partial charge in [-0.05, 0) is 26.7 Å². The summed E-state index contributed by atoms with van der Waals surface area (Å²) in [5.74, 6) is 0.151. The van der Waals surface area contributed by atoms with Crippen LogP contribution in [-0.2, 0) is 14.4 Å². The normalized spacial score (nSPS) is 12.4. The van der Waals surface area contributed by atoms with Crippen molar-refractivity contribution in [3.63, 3.8) is 0 Å². The SMILES string of the molecule is CC(=O)C(NC(=O)CSCC(=O)NC(C)C)C(C)C. The lowest BCUT2D eigenvalue weighted by Gasteiger charge is -2.19. The fourth-order valence-corrected chi connectivity index (χ4v) is 2.19. The van der Waals surface area contributed by atoms with Gasteiger partial charge in [-0.3, -0.25) is 14.4 Å². The zero-order valence-electron chi connectivity index (χ0n) is 12.3. The molecular weight excluding hydrogens is 264 g/mol. The van der Waals surface area contributed by atoms with E-state index in [2.05, 4.69) is 10.6 Å². The molecule has 0 radical (unpaired) electrons. The summed E-state index contributed by atoms with van der Waals surface area (Å²) in [6.45, 7) is 9.00. The van der Waals surface area contributed by atoms with Crippen LogP contribution in [0.4, 0.5) is 0 Å². The predicted octanol–water partition coefficient (Wildman–Crippen LogP) is 0.974. The fraction of sp³-hybridized carbons (Fsp3) is 0.769. The minimum Gasteiger partial charge on any atom is -0.353 e. The van der Waals surface area contributed by atoms with E-state index < -0.39 is 6.04 Å². The molecule has 5 nitrogen and oxygen atoms in total. The van der Waals surface area contributed by atoms with Crippen LogP contribution in [0.5, 0.6) is 0 Å². The second kappa shape index (κ2) is 8.96. The largest absolute Gasteiger partial charge is 0.353 e. The molecule has 6 heteroatoms. The maximum Gasteiger partial charge on any atom is 0.230 e. The van der Waals surface area contributed by atoms with E-state index in [1.54, 1.807) is 0 Å². The van der Waals surface area contributed by atoms with E-state index in [1.807, 2.05) is 27.7 Å². The number of carbonyl (C=O) groups excluding carboxylic acids is 3. The maximum atomic E-state index is 11.7.